The second kappa shape index (κ2) is 9.35. The molecule has 0 aliphatic carbocycles. The van der Waals surface area contributed by atoms with Crippen LogP contribution in [-0.2, 0) is 0 Å². The zero-order valence-electron chi connectivity index (χ0n) is 19.7. The van der Waals surface area contributed by atoms with Gasteiger partial charge in [-0.3, -0.25) is 24.0 Å². The SMILES string of the molecule is CN1CCN(CC(=O)c2ccc3c4ccccc4n(C(=O)CN4CCN(C)CC4)c3c2)CC1. The molecule has 7 heteroatoms. The van der Waals surface area contributed by atoms with Gasteiger partial charge in [0.15, 0.2) is 5.78 Å². The number of benzene rings is 2. The highest BCUT2D eigenvalue weighted by Crippen LogP contribution is 2.30. The van der Waals surface area contributed by atoms with Crippen LogP contribution in [0.2, 0.25) is 0 Å². The minimum atomic E-state index is 0.0643. The van der Waals surface area contributed by atoms with Crippen LogP contribution < -0.4 is 0 Å². The second-order valence-electron chi connectivity index (χ2n) is 9.56. The van der Waals surface area contributed by atoms with Gasteiger partial charge in [0.05, 0.1) is 24.1 Å². The maximum atomic E-state index is 13.5. The Bertz CT molecular complexity index is 1170. The van der Waals surface area contributed by atoms with E-state index in [9.17, 15) is 9.59 Å². The number of hydrogen-bond acceptors (Lipinski definition) is 6. The number of fused-ring (bicyclic) bond motifs is 3. The zero-order valence-corrected chi connectivity index (χ0v) is 19.7. The van der Waals surface area contributed by atoms with Gasteiger partial charge >= 0.3 is 0 Å². The molecule has 7 nitrogen and oxygen atoms in total. The fourth-order valence-electron chi connectivity index (χ4n) is 4.98. The molecule has 5 rings (SSSR count). The molecular formula is C26H33N5O2. The van der Waals surface area contributed by atoms with Crippen LogP contribution in [0.25, 0.3) is 21.8 Å². The third-order valence-electron chi connectivity index (χ3n) is 7.16. The van der Waals surface area contributed by atoms with E-state index in [1.807, 2.05) is 41.0 Å². The van der Waals surface area contributed by atoms with Gasteiger partial charge in [0.1, 0.15) is 0 Å². The number of piperazine rings is 2. The van der Waals surface area contributed by atoms with E-state index in [-0.39, 0.29) is 11.7 Å². The Morgan fingerprint density at radius 1 is 0.697 bits per heavy atom. The minimum absolute atomic E-state index is 0.0643. The molecule has 0 atom stereocenters. The number of rotatable bonds is 5. The molecule has 0 unspecified atom stereocenters. The van der Waals surface area contributed by atoms with Crippen molar-refractivity contribution in [2.75, 3.05) is 79.5 Å². The predicted molar refractivity (Wildman–Crippen MR) is 132 cm³/mol. The molecule has 0 bridgehead atoms. The monoisotopic (exact) mass is 447 g/mol. The van der Waals surface area contributed by atoms with Gasteiger partial charge < -0.3 is 9.80 Å². The van der Waals surface area contributed by atoms with Crippen molar-refractivity contribution in [3.8, 4) is 0 Å². The van der Waals surface area contributed by atoms with Gasteiger partial charge in [-0.15, -0.1) is 0 Å². The molecule has 0 amide bonds. The largest absolute Gasteiger partial charge is 0.304 e. The van der Waals surface area contributed by atoms with Crippen molar-refractivity contribution in [3.05, 3.63) is 48.0 Å². The molecule has 2 aromatic carbocycles. The molecule has 2 fully saturated rings. The first-order chi connectivity index (χ1) is 16.0. The molecule has 0 spiro atoms. The van der Waals surface area contributed by atoms with Crippen LogP contribution in [0.3, 0.4) is 0 Å². The molecule has 3 heterocycles. The molecule has 2 aliphatic rings. The number of likely N-dealkylation sites (N-methyl/N-ethyl adjacent to an activating group) is 2. The minimum Gasteiger partial charge on any atom is -0.304 e. The molecule has 174 valence electrons. The lowest BCUT2D eigenvalue weighted by Gasteiger charge is -2.32. The summed E-state index contributed by atoms with van der Waals surface area (Å²) in [6.07, 6.45) is 0. The molecule has 1 aromatic heterocycles. The van der Waals surface area contributed by atoms with Crippen molar-refractivity contribution in [2.24, 2.45) is 0 Å². The first-order valence-corrected chi connectivity index (χ1v) is 11.9. The van der Waals surface area contributed by atoms with E-state index in [0.29, 0.717) is 18.7 Å². The highest BCUT2D eigenvalue weighted by atomic mass is 16.2. The quantitative estimate of drug-likeness (QED) is 0.559. The lowest BCUT2D eigenvalue weighted by molar-refractivity contribution is 0.0805. The van der Waals surface area contributed by atoms with Gasteiger partial charge in [-0.05, 0) is 26.2 Å². The van der Waals surface area contributed by atoms with E-state index < -0.39 is 0 Å². The number of carbonyl (C=O) groups is 2. The summed E-state index contributed by atoms with van der Waals surface area (Å²) in [7, 11) is 4.23. The summed E-state index contributed by atoms with van der Waals surface area (Å²) in [4.78, 5) is 35.7. The summed E-state index contributed by atoms with van der Waals surface area (Å²) in [5, 5.41) is 2.07. The van der Waals surface area contributed by atoms with Crippen LogP contribution >= 0.6 is 0 Å². The summed E-state index contributed by atoms with van der Waals surface area (Å²) < 4.78 is 1.83. The van der Waals surface area contributed by atoms with Crippen LogP contribution in [0, 0.1) is 0 Å². The topological polar surface area (TPSA) is 52.0 Å². The van der Waals surface area contributed by atoms with E-state index in [1.165, 1.54) is 0 Å². The zero-order chi connectivity index (χ0) is 22.9. The Kier molecular flexibility index (Phi) is 6.29. The Labute approximate surface area is 195 Å². The highest BCUT2D eigenvalue weighted by molar-refractivity contribution is 6.15. The summed E-state index contributed by atoms with van der Waals surface area (Å²) in [5.74, 6) is 0.180. The standard InChI is InChI=1S/C26H33N5O2/c1-27-9-13-29(14-10-27)18-25(32)20-7-8-22-21-5-3-4-6-23(21)31(24(22)17-20)26(33)19-30-15-11-28(2)12-16-30/h3-8,17H,9-16,18-19H2,1-2H3. The van der Waals surface area contributed by atoms with Gasteiger partial charge in [-0.1, -0.05) is 30.3 Å². The molecule has 3 aromatic rings. The van der Waals surface area contributed by atoms with E-state index in [1.54, 1.807) is 0 Å². The first-order valence-electron chi connectivity index (χ1n) is 11.9. The average molecular weight is 448 g/mol. The third-order valence-corrected chi connectivity index (χ3v) is 7.16. The summed E-state index contributed by atoms with van der Waals surface area (Å²) in [6, 6.07) is 13.9. The molecule has 33 heavy (non-hydrogen) atoms. The smallest absolute Gasteiger partial charge is 0.245 e. The number of ketones is 1. The fourth-order valence-corrected chi connectivity index (χ4v) is 4.98. The molecular weight excluding hydrogens is 414 g/mol. The van der Waals surface area contributed by atoms with E-state index >= 15 is 0 Å². The van der Waals surface area contributed by atoms with E-state index in [4.69, 9.17) is 0 Å². The molecule has 2 aliphatic heterocycles. The number of aromatic nitrogens is 1. The number of carbonyl (C=O) groups excluding carboxylic acids is 2. The molecule has 0 saturated carbocycles. The first kappa shape index (κ1) is 22.2. The van der Waals surface area contributed by atoms with Crippen LogP contribution in [0.1, 0.15) is 15.2 Å². The van der Waals surface area contributed by atoms with Gasteiger partial charge in [0.2, 0.25) is 5.91 Å². The van der Waals surface area contributed by atoms with Gasteiger partial charge in [-0.25, -0.2) is 0 Å². The summed E-state index contributed by atoms with van der Waals surface area (Å²) in [6.45, 7) is 8.36. The Morgan fingerprint density at radius 2 is 1.27 bits per heavy atom. The number of Topliss-reactive ketones (excluding diaryl/α,β-unsaturated/α-hetero) is 1. The molecule has 0 radical (unpaired) electrons. The lowest BCUT2D eigenvalue weighted by Crippen LogP contribution is -2.46. The van der Waals surface area contributed by atoms with Crippen molar-refractivity contribution in [3.63, 3.8) is 0 Å². The van der Waals surface area contributed by atoms with Crippen molar-refractivity contribution in [1.82, 2.24) is 24.2 Å². The van der Waals surface area contributed by atoms with Crippen molar-refractivity contribution in [2.45, 2.75) is 0 Å². The van der Waals surface area contributed by atoms with Crippen LogP contribution in [0.4, 0.5) is 0 Å². The van der Waals surface area contributed by atoms with Crippen LogP contribution in [0.15, 0.2) is 42.5 Å². The van der Waals surface area contributed by atoms with E-state index in [2.05, 4.69) is 39.8 Å². The maximum absolute atomic E-state index is 13.5. The Balaban J connectivity index is 1.45. The van der Waals surface area contributed by atoms with Crippen molar-refractivity contribution in [1.29, 1.82) is 0 Å². The van der Waals surface area contributed by atoms with Crippen molar-refractivity contribution >= 4 is 33.5 Å². The van der Waals surface area contributed by atoms with Crippen LogP contribution in [0.5, 0.6) is 0 Å². The second-order valence-corrected chi connectivity index (χ2v) is 9.56. The number of hydrogen-bond donors (Lipinski definition) is 0. The normalized spacial score (nSPS) is 19.5. The van der Waals surface area contributed by atoms with Gasteiger partial charge in [0, 0.05) is 68.7 Å². The molecule has 2 saturated heterocycles. The fraction of sp³-hybridized carbons (Fsp3) is 0.462. The summed E-state index contributed by atoms with van der Waals surface area (Å²) in [5.41, 5.74) is 2.42. The third kappa shape index (κ3) is 4.59. The number of nitrogens with zero attached hydrogens (tertiary/aromatic N) is 5. The summed E-state index contributed by atoms with van der Waals surface area (Å²) >= 11 is 0. The highest BCUT2D eigenvalue weighted by Gasteiger charge is 2.23. The van der Waals surface area contributed by atoms with Crippen LogP contribution in [-0.4, -0.2) is 115 Å². The van der Waals surface area contributed by atoms with Gasteiger partial charge in [0.25, 0.3) is 0 Å². The predicted octanol–water partition coefficient (Wildman–Crippen LogP) is 2.11. The Hall–Kier alpha value is -2.58. The van der Waals surface area contributed by atoms with Crippen molar-refractivity contribution < 1.29 is 9.59 Å². The maximum Gasteiger partial charge on any atom is 0.245 e. The number of para-hydroxylation sites is 1. The average Bonchev–Trinajstić information content (AvgIpc) is 3.16. The lowest BCUT2D eigenvalue weighted by atomic mass is 10.1. The van der Waals surface area contributed by atoms with E-state index in [0.717, 1.165) is 74.2 Å². The van der Waals surface area contributed by atoms with Gasteiger partial charge in [-0.2, -0.15) is 0 Å². The Morgan fingerprint density at radius 3 is 1.94 bits per heavy atom. The molecule has 0 N–H and O–H groups in total.